The Hall–Kier alpha value is 3.34. The van der Waals surface area contributed by atoms with E-state index in [0.29, 0.717) is 0 Å². The van der Waals surface area contributed by atoms with Crippen LogP contribution >= 0.6 is 0 Å². The van der Waals surface area contributed by atoms with Gasteiger partial charge in [-0.1, -0.05) is 0 Å². The molecule has 0 saturated heterocycles. The van der Waals surface area contributed by atoms with Crippen LogP contribution in [0.4, 0.5) is 0 Å². The number of rotatable bonds is 0. The van der Waals surface area contributed by atoms with E-state index < -0.39 is 0 Å². The fourth-order valence-corrected chi connectivity index (χ4v) is 0. The van der Waals surface area contributed by atoms with Crippen LogP contribution in [0.25, 0.3) is 0 Å². The molecule has 0 aliphatic carbocycles. The van der Waals surface area contributed by atoms with Crippen molar-refractivity contribution in [2.24, 2.45) is 0 Å². The molecule has 0 saturated carbocycles. The monoisotopic (exact) mass is 744 g/mol. The molecule has 0 atom stereocenters. The Balaban J connectivity index is 0. The Morgan fingerprint density at radius 3 is 1.00 bits per heavy atom. The SMILES string of the molecule is [Au].[Bi].[Pb].[Te]. The smallest absolute Gasteiger partial charge is 0 e. The molecule has 0 aliphatic heterocycles. The second-order valence-electron chi connectivity index (χ2n) is 0. The van der Waals surface area contributed by atoms with E-state index in [-0.39, 0.29) is 99.5 Å². The second kappa shape index (κ2) is 16.2. The van der Waals surface area contributed by atoms with Crippen LogP contribution in [0.15, 0.2) is 0 Å². The third-order valence-corrected chi connectivity index (χ3v) is 0. The third kappa shape index (κ3) is 9.01. The molecular formula is AuBiPbTe. The van der Waals surface area contributed by atoms with Gasteiger partial charge in [-0.25, -0.2) is 0 Å². The zero-order chi connectivity index (χ0) is 0. The molecule has 4 heteroatoms. The standard InChI is InChI=1S/Au.Bi.Pb.Te. The van der Waals surface area contributed by atoms with Gasteiger partial charge in [-0.3, -0.25) is 0 Å². The summed E-state index contributed by atoms with van der Waals surface area (Å²) in [6.07, 6.45) is 0. The van der Waals surface area contributed by atoms with Gasteiger partial charge < -0.3 is 0 Å². The van der Waals surface area contributed by atoms with Crippen molar-refractivity contribution in [1.82, 2.24) is 0 Å². The van der Waals surface area contributed by atoms with Gasteiger partial charge in [0, 0.05) is 99.5 Å². The van der Waals surface area contributed by atoms with E-state index in [2.05, 4.69) is 0 Å². The normalized spacial score (nSPS) is 0. The Morgan fingerprint density at radius 1 is 1.00 bits per heavy atom. The van der Waals surface area contributed by atoms with Gasteiger partial charge in [0.2, 0.25) is 0 Å². The second-order valence-corrected chi connectivity index (χ2v) is 0. The van der Waals surface area contributed by atoms with Crippen molar-refractivity contribution >= 4 is 77.2 Å². The molecule has 0 rings (SSSR count). The van der Waals surface area contributed by atoms with Crippen LogP contribution in [-0.2, 0) is 22.4 Å². The van der Waals surface area contributed by atoms with Gasteiger partial charge in [0.1, 0.15) is 0 Å². The molecule has 0 bridgehead atoms. The van der Waals surface area contributed by atoms with Gasteiger partial charge in [-0.05, 0) is 0 Å². The van der Waals surface area contributed by atoms with E-state index in [1.807, 2.05) is 0 Å². The third-order valence-electron chi connectivity index (χ3n) is 0. The zero-order valence-electron chi connectivity index (χ0n) is 1.66. The van der Waals surface area contributed by atoms with Crippen molar-refractivity contribution in [3.8, 4) is 0 Å². The molecule has 0 aromatic carbocycles. The van der Waals surface area contributed by atoms with Crippen LogP contribution in [0.1, 0.15) is 0 Å². The minimum absolute atomic E-state index is 0. The summed E-state index contributed by atoms with van der Waals surface area (Å²) < 4.78 is 0. The van der Waals surface area contributed by atoms with Gasteiger partial charge in [0.15, 0.2) is 0 Å². The minimum Gasteiger partial charge on any atom is 0 e. The maximum Gasteiger partial charge on any atom is 0 e. The molecule has 0 spiro atoms. The molecular weight excluding hydrogens is 741 g/mol. The topological polar surface area (TPSA) is 0 Å². The van der Waals surface area contributed by atoms with E-state index in [9.17, 15) is 0 Å². The van der Waals surface area contributed by atoms with Crippen LogP contribution in [-0.4, -0.2) is 77.2 Å². The predicted molar refractivity (Wildman–Crippen MR) is 17.3 cm³/mol. The summed E-state index contributed by atoms with van der Waals surface area (Å²) in [4.78, 5) is 0. The average Bonchev–Trinajstić information content (AvgIpc) is 0. The summed E-state index contributed by atoms with van der Waals surface area (Å²) in [6.45, 7) is 0. The molecule has 0 amide bonds. The summed E-state index contributed by atoms with van der Waals surface area (Å²) in [5, 5.41) is 0. The molecule has 4 heavy (non-hydrogen) atoms. The van der Waals surface area contributed by atoms with E-state index in [1.165, 1.54) is 0 Å². The fraction of sp³-hybridized carbons (Fsp3) is 0. The van der Waals surface area contributed by atoms with Crippen molar-refractivity contribution < 1.29 is 22.4 Å². The van der Waals surface area contributed by atoms with Crippen molar-refractivity contribution in [2.75, 3.05) is 0 Å². The maximum absolute atomic E-state index is 0. The molecule has 0 aromatic rings. The van der Waals surface area contributed by atoms with Crippen LogP contribution < -0.4 is 0 Å². The van der Waals surface area contributed by atoms with Crippen molar-refractivity contribution in [3.63, 3.8) is 0 Å². The predicted octanol–water partition coefficient (Wildman–Crippen LogP) is -1.14. The Labute approximate surface area is 97.4 Å². The van der Waals surface area contributed by atoms with E-state index in [1.54, 1.807) is 0 Å². The zero-order valence-corrected chi connectivity index (χ0v) is 13.5. The van der Waals surface area contributed by atoms with E-state index >= 15 is 0 Å². The number of hydrogen-bond acceptors (Lipinski definition) is 0. The first-order valence-electron chi connectivity index (χ1n) is 0. The van der Waals surface area contributed by atoms with Crippen molar-refractivity contribution in [1.29, 1.82) is 0 Å². The minimum atomic E-state index is 0. The molecule has 0 nitrogen and oxygen atoms in total. The summed E-state index contributed by atoms with van der Waals surface area (Å²) in [7, 11) is 0. The maximum atomic E-state index is 0. The van der Waals surface area contributed by atoms with Crippen LogP contribution in [0.2, 0.25) is 0 Å². The first-order chi connectivity index (χ1) is 0. The summed E-state index contributed by atoms with van der Waals surface area (Å²) in [5.74, 6) is 0. The summed E-state index contributed by atoms with van der Waals surface area (Å²) in [6, 6.07) is 0. The van der Waals surface area contributed by atoms with Crippen molar-refractivity contribution in [3.05, 3.63) is 0 Å². The molecule has 0 unspecified atom stereocenters. The fourth-order valence-electron chi connectivity index (χ4n) is 0. The quantitative estimate of drug-likeness (QED) is 0.276. The summed E-state index contributed by atoms with van der Waals surface area (Å²) >= 11 is 0. The largest absolute Gasteiger partial charge is 0 e. The van der Waals surface area contributed by atoms with Gasteiger partial charge in [0.05, 0.1) is 0 Å². The molecule has 10 radical (unpaired) electrons. The van der Waals surface area contributed by atoms with E-state index in [0.717, 1.165) is 0 Å². The van der Waals surface area contributed by atoms with Gasteiger partial charge in [-0.15, -0.1) is 0 Å². The van der Waals surface area contributed by atoms with Crippen LogP contribution in [0.5, 0.6) is 0 Å². The summed E-state index contributed by atoms with van der Waals surface area (Å²) in [5.41, 5.74) is 0. The van der Waals surface area contributed by atoms with Gasteiger partial charge in [-0.2, -0.15) is 0 Å². The number of hydrogen-bond donors (Lipinski definition) is 0. The molecule has 0 heterocycles. The van der Waals surface area contributed by atoms with Gasteiger partial charge >= 0.3 is 0 Å². The molecule has 0 aliphatic rings. The molecule has 0 aromatic heterocycles. The Kier molecular flexibility index (Phi) is 107. The first-order valence-corrected chi connectivity index (χ1v) is 0. The molecule has 0 N–H and O–H groups in total. The van der Waals surface area contributed by atoms with E-state index in [4.69, 9.17) is 0 Å². The Morgan fingerprint density at radius 2 is 1.00 bits per heavy atom. The molecule has 0 fully saturated rings. The van der Waals surface area contributed by atoms with Crippen LogP contribution in [0.3, 0.4) is 0 Å². The average molecular weight is 741 g/mol. The molecule has 26 valence electrons. The van der Waals surface area contributed by atoms with Crippen LogP contribution in [0, 0.1) is 0 Å². The Bertz CT molecular complexity index is 8.00. The van der Waals surface area contributed by atoms with Gasteiger partial charge in [0.25, 0.3) is 0 Å². The van der Waals surface area contributed by atoms with Crippen molar-refractivity contribution in [2.45, 2.75) is 0 Å². The first kappa shape index (κ1) is 26.5.